The first-order chi connectivity index (χ1) is 11.3. The lowest BCUT2D eigenvalue weighted by atomic mass is 10.1. The van der Waals surface area contributed by atoms with Crippen molar-refractivity contribution in [2.75, 3.05) is 19.6 Å². The SMILES string of the molecule is O=C(NC[C@H](c1ccco1)[NH+]1CCCCC1)c1ccccc1Cl. The summed E-state index contributed by atoms with van der Waals surface area (Å²) < 4.78 is 5.61. The number of likely N-dealkylation sites (tertiary alicyclic amines) is 1. The molecular formula is C18H22ClN2O2+. The van der Waals surface area contributed by atoms with Crippen molar-refractivity contribution < 1.29 is 14.1 Å². The number of hydrogen-bond acceptors (Lipinski definition) is 2. The van der Waals surface area contributed by atoms with Crippen molar-refractivity contribution >= 4 is 17.5 Å². The van der Waals surface area contributed by atoms with Crippen LogP contribution in [0.15, 0.2) is 47.1 Å². The smallest absolute Gasteiger partial charge is 0.253 e. The third-order valence-electron chi connectivity index (χ3n) is 4.46. The second-order valence-electron chi connectivity index (χ2n) is 5.98. The van der Waals surface area contributed by atoms with E-state index in [0.29, 0.717) is 17.1 Å². The second-order valence-corrected chi connectivity index (χ2v) is 6.38. The number of furan rings is 1. The largest absolute Gasteiger partial charge is 0.463 e. The summed E-state index contributed by atoms with van der Waals surface area (Å²) in [6, 6.07) is 11.2. The molecule has 0 bridgehead atoms. The first-order valence-electron chi connectivity index (χ1n) is 8.16. The summed E-state index contributed by atoms with van der Waals surface area (Å²) in [5.74, 6) is 0.796. The Hall–Kier alpha value is -1.78. The topological polar surface area (TPSA) is 46.7 Å². The maximum absolute atomic E-state index is 12.4. The molecule has 1 aliphatic rings. The summed E-state index contributed by atoms with van der Waals surface area (Å²) in [5, 5.41) is 3.50. The van der Waals surface area contributed by atoms with Crippen LogP contribution < -0.4 is 10.2 Å². The molecule has 1 atom stereocenters. The molecule has 0 aliphatic carbocycles. The van der Waals surface area contributed by atoms with Crippen LogP contribution in [0.1, 0.15) is 41.4 Å². The fourth-order valence-corrected chi connectivity index (χ4v) is 3.45. The van der Waals surface area contributed by atoms with Gasteiger partial charge in [-0.3, -0.25) is 4.79 Å². The van der Waals surface area contributed by atoms with Crippen LogP contribution in [0.5, 0.6) is 0 Å². The molecule has 2 heterocycles. The van der Waals surface area contributed by atoms with Gasteiger partial charge in [-0.2, -0.15) is 0 Å². The van der Waals surface area contributed by atoms with E-state index in [-0.39, 0.29) is 11.9 Å². The summed E-state index contributed by atoms with van der Waals surface area (Å²) in [7, 11) is 0. The predicted molar refractivity (Wildman–Crippen MR) is 89.8 cm³/mol. The Kier molecular flexibility index (Phi) is 5.36. The number of rotatable bonds is 5. The van der Waals surface area contributed by atoms with E-state index in [1.807, 2.05) is 24.3 Å². The van der Waals surface area contributed by atoms with Crippen molar-refractivity contribution in [1.29, 1.82) is 0 Å². The monoisotopic (exact) mass is 333 g/mol. The molecule has 2 N–H and O–H groups in total. The van der Waals surface area contributed by atoms with Crippen LogP contribution in [0, 0.1) is 0 Å². The Morgan fingerprint density at radius 3 is 2.65 bits per heavy atom. The van der Waals surface area contributed by atoms with Gasteiger partial charge in [0.25, 0.3) is 5.91 Å². The number of amides is 1. The van der Waals surface area contributed by atoms with Gasteiger partial charge in [0.15, 0.2) is 11.8 Å². The standard InChI is InChI=1S/C18H21ClN2O2/c19-15-8-3-2-7-14(15)18(22)20-13-16(17-9-6-12-23-17)21-10-4-1-5-11-21/h2-3,6-9,12,16H,1,4-5,10-11,13H2,(H,20,22)/p+1/t16-/m1/s1. The number of carbonyl (C=O) groups is 1. The van der Waals surface area contributed by atoms with E-state index in [9.17, 15) is 4.79 Å². The number of piperidine rings is 1. The molecule has 1 aromatic heterocycles. The zero-order valence-electron chi connectivity index (χ0n) is 13.1. The lowest BCUT2D eigenvalue weighted by molar-refractivity contribution is -0.936. The van der Waals surface area contributed by atoms with E-state index in [1.54, 1.807) is 18.4 Å². The van der Waals surface area contributed by atoms with E-state index in [2.05, 4.69) is 5.32 Å². The minimum absolute atomic E-state index is 0.136. The van der Waals surface area contributed by atoms with E-state index >= 15 is 0 Å². The molecule has 1 saturated heterocycles. The number of benzene rings is 1. The summed E-state index contributed by atoms with van der Waals surface area (Å²) in [5.41, 5.74) is 0.515. The maximum atomic E-state index is 12.4. The Morgan fingerprint density at radius 1 is 1.17 bits per heavy atom. The molecule has 1 amide bonds. The van der Waals surface area contributed by atoms with E-state index in [0.717, 1.165) is 18.8 Å². The van der Waals surface area contributed by atoms with Crippen molar-refractivity contribution in [2.45, 2.75) is 25.3 Å². The van der Waals surface area contributed by atoms with Gasteiger partial charge in [-0.1, -0.05) is 23.7 Å². The van der Waals surface area contributed by atoms with Crippen molar-refractivity contribution in [2.24, 2.45) is 0 Å². The highest BCUT2D eigenvalue weighted by Gasteiger charge is 2.28. The number of quaternary nitrogens is 1. The third kappa shape index (κ3) is 3.95. The zero-order valence-corrected chi connectivity index (χ0v) is 13.8. The van der Waals surface area contributed by atoms with Crippen molar-refractivity contribution in [3.05, 3.63) is 59.0 Å². The molecule has 1 fully saturated rings. The fourth-order valence-electron chi connectivity index (χ4n) is 3.23. The molecule has 0 radical (unpaired) electrons. The van der Waals surface area contributed by atoms with Gasteiger partial charge in [0.1, 0.15) is 0 Å². The van der Waals surface area contributed by atoms with Crippen LogP contribution in [-0.2, 0) is 0 Å². The van der Waals surface area contributed by atoms with Gasteiger partial charge in [0.2, 0.25) is 0 Å². The van der Waals surface area contributed by atoms with Gasteiger partial charge in [0, 0.05) is 0 Å². The second kappa shape index (κ2) is 7.66. The van der Waals surface area contributed by atoms with Crippen LogP contribution in [0.4, 0.5) is 0 Å². The summed E-state index contributed by atoms with van der Waals surface area (Å²) in [4.78, 5) is 13.9. The van der Waals surface area contributed by atoms with E-state index < -0.39 is 0 Å². The highest BCUT2D eigenvalue weighted by atomic mass is 35.5. The Morgan fingerprint density at radius 2 is 1.96 bits per heavy atom. The third-order valence-corrected chi connectivity index (χ3v) is 4.79. The van der Waals surface area contributed by atoms with Gasteiger partial charge >= 0.3 is 0 Å². The first-order valence-corrected chi connectivity index (χ1v) is 8.54. The summed E-state index contributed by atoms with van der Waals surface area (Å²) in [6.45, 7) is 2.79. The predicted octanol–water partition coefficient (Wildman–Crippen LogP) is 2.47. The van der Waals surface area contributed by atoms with E-state index in [4.69, 9.17) is 16.0 Å². The van der Waals surface area contributed by atoms with Gasteiger partial charge in [-0.05, 0) is 43.5 Å². The van der Waals surface area contributed by atoms with Crippen LogP contribution in [0.3, 0.4) is 0 Å². The lowest BCUT2D eigenvalue weighted by Gasteiger charge is -2.30. The molecule has 0 unspecified atom stereocenters. The zero-order chi connectivity index (χ0) is 16.1. The lowest BCUT2D eigenvalue weighted by Crippen LogP contribution is -3.13. The maximum Gasteiger partial charge on any atom is 0.253 e. The minimum Gasteiger partial charge on any atom is -0.463 e. The van der Waals surface area contributed by atoms with Gasteiger partial charge in [-0.15, -0.1) is 0 Å². The van der Waals surface area contributed by atoms with Crippen LogP contribution >= 0.6 is 11.6 Å². The molecule has 3 rings (SSSR count). The molecule has 1 aliphatic heterocycles. The normalized spacial score (nSPS) is 16.9. The van der Waals surface area contributed by atoms with Crippen LogP contribution in [0.25, 0.3) is 0 Å². The average Bonchev–Trinajstić information content (AvgIpc) is 3.10. The molecule has 2 aromatic rings. The van der Waals surface area contributed by atoms with Crippen molar-refractivity contribution in [3.63, 3.8) is 0 Å². The minimum atomic E-state index is -0.136. The van der Waals surface area contributed by atoms with Crippen molar-refractivity contribution in [3.8, 4) is 0 Å². The number of nitrogens with one attached hydrogen (secondary N) is 2. The molecule has 4 nitrogen and oxygen atoms in total. The highest BCUT2D eigenvalue weighted by Crippen LogP contribution is 2.16. The molecule has 1 aromatic carbocycles. The quantitative estimate of drug-likeness (QED) is 0.883. The first kappa shape index (κ1) is 16.1. The van der Waals surface area contributed by atoms with Crippen molar-refractivity contribution in [1.82, 2.24) is 5.32 Å². The Labute approximate surface area is 141 Å². The molecule has 5 heteroatoms. The van der Waals surface area contributed by atoms with Gasteiger partial charge in [0.05, 0.1) is 36.5 Å². The molecule has 23 heavy (non-hydrogen) atoms. The van der Waals surface area contributed by atoms with E-state index in [1.165, 1.54) is 24.2 Å². The highest BCUT2D eigenvalue weighted by molar-refractivity contribution is 6.33. The Balaban J connectivity index is 1.69. The number of halogens is 1. The molecular weight excluding hydrogens is 312 g/mol. The average molecular weight is 334 g/mol. The fraction of sp³-hybridized carbons (Fsp3) is 0.389. The Bertz CT molecular complexity index is 636. The van der Waals surface area contributed by atoms with Gasteiger partial charge < -0.3 is 14.6 Å². The number of hydrogen-bond donors (Lipinski definition) is 2. The van der Waals surface area contributed by atoms with Crippen LogP contribution in [-0.4, -0.2) is 25.5 Å². The summed E-state index contributed by atoms with van der Waals surface area (Å²) >= 11 is 6.10. The molecule has 0 saturated carbocycles. The summed E-state index contributed by atoms with van der Waals surface area (Å²) in [6.07, 6.45) is 5.44. The number of carbonyl (C=O) groups excluding carboxylic acids is 1. The molecule has 0 spiro atoms. The van der Waals surface area contributed by atoms with Gasteiger partial charge in [-0.25, -0.2) is 0 Å². The van der Waals surface area contributed by atoms with Crippen LogP contribution in [0.2, 0.25) is 5.02 Å². The molecule has 122 valence electrons.